The predicted molar refractivity (Wildman–Crippen MR) is 153 cm³/mol. The summed E-state index contributed by atoms with van der Waals surface area (Å²) in [5, 5.41) is 2.00. The van der Waals surface area contributed by atoms with E-state index in [9.17, 15) is 22.8 Å². The van der Waals surface area contributed by atoms with E-state index < -0.39 is 28.0 Å². The van der Waals surface area contributed by atoms with Crippen molar-refractivity contribution in [3.05, 3.63) is 82.4 Å². The van der Waals surface area contributed by atoms with Gasteiger partial charge in [-0.05, 0) is 60.0 Å². The zero-order chi connectivity index (χ0) is 30.4. The molecule has 1 fully saturated rings. The maximum Gasteiger partial charge on any atom is 0.339 e. The summed E-state index contributed by atoms with van der Waals surface area (Å²) in [6.45, 7) is 2.30. The van der Waals surface area contributed by atoms with Gasteiger partial charge in [0.2, 0.25) is 5.75 Å². The molecule has 1 aliphatic heterocycles. The first-order chi connectivity index (χ1) is 20.1. The Morgan fingerprint density at radius 3 is 2.31 bits per heavy atom. The van der Waals surface area contributed by atoms with E-state index in [2.05, 4.69) is 5.32 Å². The molecule has 0 unspecified atom stereocenters. The Labute approximate surface area is 247 Å². The lowest BCUT2D eigenvalue weighted by molar-refractivity contribution is -0.130. The molecule has 0 atom stereocenters. The second-order valence-corrected chi connectivity index (χ2v) is 10.9. The summed E-state index contributed by atoms with van der Waals surface area (Å²) in [6.07, 6.45) is 2.01. The number of urea groups is 1. The number of ether oxygens (including phenoxy) is 3. The maximum absolute atomic E-state index is 13.3. The molecule has 11 nitrogen and oxygen atoms in total. The second kappa shape index (κ2) is 13.0. The highest BCUT2D eigenvalue weighted by molar-refractivity contribution is 7.87. The van der Waals surface area contributed by atoms with Crippen molar-refractivity contribution < 1.29 is 41.2 Å². The van der Waals surface area contributed by atoms with Gasteiger partial charge in [-0.25, -0.2) is 4.79 Å². The fraction of sp³-hybridized carbons (Fsp3) is 0.207. The second-order valence-electron chi connectivity index (χ2n) is 8.93. The molecule has 4 amide bonds. The largest absolute Gasteiger partial charge is 0.493 e. The number of halogens is 1. The van der Waals surface area contributed by atoms with Crippen LogP contribution in [0.25, 0.3) is 6.08 Å². The summed E-state index contributed by atoms with van der Waals surface area (Å²) in [6, 6.07) is 14.2. The Balaban J connectivity index is 1.62. The van der Waals surface area contributed by atoms with Gasteiger partial charge in [0.1, 0.15) is 10.5 Å². The minimum Gasteiger partial charge on any atom is -0.493 e. The smallest absolute Gasteiger partial charge is 0.339 e. The number of nitrogens with zero attached hydrogens (tertiary/aromatic N) is 1. The van der Waals surface area contributed by atoms with E-state index in [4.69, 9.17) is 30.0 Å². The zero-order valence-corrected chi connectivity index (χ0v) is 24.5. The molecule has 3 aromatic carbocycles. The van der Waals surface area contributed by atoms with Gasteiger partial charge < -0.3 is 18.4 Å². The van der Waals surface area contributed by atoms with Crippen LogP contribution in [-0.2, 0) is 26.3 Å². The molecule has 13 heteroatoms. The van der Waals surface area contributed by atoms with Gasteiger partial charge in [0.15, 0.2) is 17.2 Å². The van der Waals surface area contributed by atoms with Crippen LogP contribution in [-0.4, -0.2) is 52.0 Å². The van der Waals surface area contributed by atoms with Crippen LogP contribution in [0, 0.1) is 0 Å². The number of barbiturate groups is 1. The molecule has 1 aliphatic rings. The number of rotatable bonds is 11. The van der Waals surface area contributed by atoms with Gasteiger partial charge in [-0.3, -0.25) is 19.8 Å². The third-order valence-corrected chi connectivity index (χ3v) is 7.52. The van der Waals surface area contributed by atoms with Crippen LogP contribution in [0.1, 0.15) is 24.5 Å². The minimum absolute atomic E-state index is 0.0667. The standard InChI is InChI=1S/C29H27ClN2O9S/c1-4-12-40-23-11-10-18(15-24(23)38-2)17-32-28(34)21(27(33)31-29(32)35)13-19-14-22(30)26(25(16-19)39-3)41-42(36,37)20-8-6-5-7-9-20/h5-11,13-16H,4,12,17H2,1-3H3,(H,31,33,35)/b21-13+. The van der Waals surface area contributed by atoms with Gasteiger partial charge >= 0.3 is 16.1 Å². The van der Waals surface area contributed by atoms with Crippen molar-refractivity contribution in [2.24, 2.45) is 0 Å². The minimum atomic E-state index is -4.24. The molecule has 1 heterocycles. The lowest BCUT2D eigenvalue weighted by Gasteiger charge is -2.26. The SMILES string of the molecule is CCCOc1ccc(CN2C(=O)NC(=O)/C(=C\c3cc(Cl)c(OS(=O)(=O)c4ccccc4)c(OC)c3)C2=O)cc1OC. The molecule has 0 radical (unpaired) electrons. The van der Waals surface area contributed by atoms with Gasteiger partial charge in [-0.15, -0.1) is 0 Å². The quantitative estimate of drug-likeness (QED) is 0.187. The molecular weight excluding hydrogens is 588 g/mol. The summed E-state index contributed by atoms with van der Waals surface area (Å²) in [7, 11) is -1.49. The number of benzene rings is 3. The molecule has 42 heavy (non-hydrogen) atoms. The fourth-order valence-corrected chi connectivity index (χ4v) is 5.26. The van der Waals surface area contributed by atoms with Gasteiger partial charge in [0, 0.05) is 0 Å². The third-order valence-electron chi connectivity index (χ3n) is 6.00. The number of hydrogen-bond donors (Lipinski definition) is 1. The van der Waals surface area contributed by atoms with Crippen molar-refractivity contribution in [2.45, 2.75) is 24.8 Å². The molecule has 220 valence electrons. The average Bonchev–Trinajstić information content (AvgIpc) is 2.98. The predicted octanol–water partition coefficient (Wildman–Crippen LogP) is 4.58. The first kappa shape index (κ1) is 30.4. The topological polar surface area (TPSA) is 138 Å². The molecule has 4 rings (SSSR count). The van der Waals surface area contributed by atoms with Crippen LogP contribution in [0.15, 0.2) is 71.1 Å². The highest BCUT2D eigenvalue weighted by Gasteiger charge is 2.36. The first-order valence-corrected chi connectivity index (χ1v) is 14.4. The van der Waals surface area contributed by atoms with Crippen LogP contribution < -0.4 is 23.7 Å². The first-order valence-electron chi connectivity index (χ1n) is 12.6. The van der Waals surface area contributed by atoms with Crippen LogP contribution >= 0.6 is 11.6 Å². The van der Waals surface area contributed by atoms with Crippen molar-refractivity contribution in [3.63, 3.8) is 0 Å². The molecule has 1 N–H and O–H groups in total. The number of carbonyl (C=O) groups excluding carboxylic acids is 3. The molecule has 0 bridgehead atoms. The molecule has 0 spiro atoms. The van der Waals surface area contributed by atoms with E-state index in [0.29, 0.717) is 23.7 Å². The van der Waals surface area contributed by atoms with Crippen LogP contribution in [0.3, 0.4) is 0 Å². The normalized spacial score (nSPS) is 14.5. The fourth-order valence-electron chi connectivity index (χ4n) is 3.98. The van der Waals surface area contributed by atoms with E-state index in [1.807, 2.05) is 6.92 Å². The maximum atomic E-state index is 13.3. The van der Waals surface area contributed by atoms with Crippen LogP contribution in [0.5, 0.6) is 23.0 Å². The van der Waals surface area contributed by atoms with Crippen molar-refractivity contribution >= 4 is 45.6 Å². The monoisotopic (exact) mass is 614 g/mol. The number of methoxy groups -OCH3 is 2. The number of imide groups is 2. The summed E-state index contributed by atoms with van der Waals surface area (Å²) in [5.74, 6) is -1.16. The van der Waals surface area contributed by atoms with Crippen molar-refractivity contribution in [1.29, 1.82) is 0 Å². The molecule has 0 aliphatic carbocycles. The molecule has 0 saturated carbocycles. The number of nitrogens with one attached hydrogen (secondary N) is 1. The number of amides is 4. The van der Waals surface area contributed by atoms with E-state index in [1.54, 1.807) is 24.3 Å². The number of hydrogen-bond acceptors (Lipinski definition) is 9. The Kier molecular flexibility index (Phi) is 9.38. The Morgan fingerprint density at radius 1 is 0.929 bits per heavy atom. The Hall–Kier alpha value is -4.55. The van der Waals surface area contributed by atoms with Gasteiger partial charge in [0.25, 0.3) is 11.8 Å². The van der Waals surface area contributed by atoms with Gasteiger partial charge in [0.05, 0.1) is 32.4 Å². The lowest BCUT2D eigenvalue weighted by atomic mass is 10.1. The lowest BCUT2D eigenvalue weighted by Crippen LogP contribution is -2.53. The van der Waals surface area contributed by atoms with E-state index in [1.165, 1.54) is 56.7 Å². The van der Waals surface area contributed by atoms with E-state index in [0.717, 1.165) is 11.3 Å². The van der Waals surface area contributed by atoms with Crippen molar-refractivity contribution in [2.75, 3.05) is 20.8 Å². The summed E-state index contributed by atoms with van der Waals surface area (Å²) < 4.78 is 47.0. The number of carbonyl (C=O) groups is 3. The summed E-state index contributed by atoms with van der Waals surface area (Å²) >= 11 is 6.36. The molecule has 3 aromatic rings. The van der Waals surface area contributed by atoms with Crippen LogP contribution in [0.4, 0.5) is 4.79 Å². The Bertz CT molecular complexity index is 1660. The van der Waals surface area contributed by atoms with Crippen LogP contribution in [0.2, 0.25) is 5.02 Å². The van der Waals surface area contributed by atoms with E-state index >= 15 is 0 Å². The molecular formula is C29H27ClN2O9S. The average molecular weight is 615 g/mol. The Morgan fingerprint density at radius 2 is 1.64 bits per heavy atom. The van der Waals surface area contributed by atoms with Crippen molar-refractivity contribution in [3.8, 4) is 23.0 Å². The van der Waals surface area contributed by atoms with E-state index in [-0.39, 0.29) is 39.1 Å². The zero-order valence-electron chi connectivity index (χ0n) is 22.9. The van der Waals surface area contributed by atoms with Crippen molar-refractivity contribution in [1.82, 2.24) is 10.2 Å². The highest BCUT2D eigenvalue weighted by Crippen LogP contribution is 2.39. The highest BCUT2D eigenvalue weighted by atomic mass is 35.5. The third kappa shape index (κ3) is 6.67. The molecule has 0 aromatic heterocycles. The van der Waals surface area contributed by atoms with Gasteiger partial charge in [-0.2, -0.15) is 8.42 Å². The summed E-state index contributed by atoms with van der Waals surface area (Å²) in [4.78, 5) is 39.4. The van der Waals surface area contributed by atoms with Gasteiger partial charge in [-0.1, -0.05) is 42.8 Å². The summed E-state index contributed by atoms with van der Waals surface area (Å²) in [5.41, 5.74) is 0.417. The molecule has 1 saturated heterocycles.